The lowest BCUT2D eigenvalue weighted by molar-refractivity contribution is 0.102. The van der Waals surface area contributed by atoms with Crippen molar-refractivity contribution in [2.75, 3.05) is 25.1 Å². The first-order valence-corrected chi connectivity index (χ1v) is 9.64. The molecule has 3 N–H and O–H groups in total. The largest absolute Gasteiger partial charge is 0.480 e. The van der Waals surface area contributed by atoms with Gasteiger partial charge in [0, 0.05) is 28.4 Å². The number of nitrogens with two attached hydrogens (primary N) is 1. The first-order valence-electron chi connectivity index (χ1n) is 11.0. The summed E-state index contributed by atoms with van der Waals surface area (Å²) in [5.74, 6) is -6.33. The van der Waals surface area contributed by atoms with Crippen LogP contribution in [0.5, 0.6) is 5.88 Å². The fraction of sp³-hybridized carbons (Fsp3) is 0.294. The molecule has 30 heavy (non-hydrogen) atoms. The normalized spacial score (nSPS) is 24.2. The molecule has 1 atom stereocenters. The van der Waals surface area contributed by atoms with Crippen LogP contribution in [0.2, 0.25) is 0 Å². The van der Waals surface area contributed by atoms with Crippen LogP contribution in [0.15, 0.2) is 29.5 Å². The number of amides is 1. The highest BCUT2D eigenvalue weighted by Gasteiger charge is 2.42. The van der Waals surface area contributed by atoms with Gasteiger partial charge in [-0.25, -0.2) is 36.5 Å². The van der Waals surface area contributed by atoms with Crippen LogP contribution in [0, 0.1) is 11.6 Å². The van der Waals surface area contributed by atoms with Gasteiger partial charge in [0.2, 0.25) is 21.9 Å². The lowest BCUT2D eigenvalue weighted by Crippen LogP contribution is -2.50. The quantitative estimate of drug-likeness (QED) is 0.709. The number of hydrogen-bond acceptors (Lipinski definition) is 8. The van der Waals surface area contributed by atoms with Gasteiger partial charge in [0.05, 0.1) is 29.3 Å². The molecule has 0 saturated heterocycles. The van der Waals surface area contributed by atoms with Gasteiger partial charge in [-0.1, -0.05) is 0 Å². The number of benzene rings is 1. The second kappa shape index (κ2) is 7.48. The molecule has 2 heterocycles. The summed E-state index contributed by atoms with van der Waals surface area (Å²) in [4.78, 5) is 23.6. The molecule has 1 aliphatic heterocycles. The third-order valence-electron chi connectivity index (χ3n) is 4.14. The third-order valence-corrected chi connectivity index (χ3v) is 5.81. The standard InChI is InChI=1S/C17H18F2N6O4S/c1-17(8-30(27,28)25(2)16(20)24-17)10-4-9(5-11(18)14(10)19)23-15(26)12-6-22-13(29-3)7-21-12/h4-7H,8H2,1-3H3,(H2,20,24)(H,23,26)/t17-/m0/s1/i2D3,3D3. The van der Waals surface area contributed by atoms with E-state index in [-0.39, 0.29) is 15.7 Å². The molecule has 13 heteroatoms. The Balaban J connectivity index is 1.95. The van der Waals surface area contributed by atoms with Crippen LogP contribution in [0.1, 0.15) is 31.2 Å². The molecule has 0 radical (unpaired) electrons. The van der Waals surface area contributed by atoms with Crippen LogP contribution in [0.25, 0.3) is 0 Å². The van der Waals surface area contributed by atoms with Crippen molar-refractivity contribution in [2.24, 2.45) is 10.7 Å². The smallest absolute Gasteiger partial charge is 0.275 e. The molecule has 0 spiro atoms. The summed E-state index contributed by atoms with van der Waals surface area (Å²) < 4.78 is 102. The minimum absolute atomic E-state index is 0.0834. The maximum atomic E-state index is 14.8. The molecular formula is C17H18F2N6O4S. The van der Waals surface area contributed by atoms with Crippen LogP contribution in [0.3, 0.4) is 0 Å². The number of methoxy groups -OCH3 is 1. The minimum Gasteiger partial charge on any atom is -0.480 e. The van der Waals surface area contributed by atoms with Crippen molar-refractivity contribution in [3.05, 3.63) is 47.4 Å². The van der Waals surface area contributed by atoms with E-state index in [4.69, 9.17) is 14.0 Å². The number of sulfonamides is 1. The molecule has 1 aromatic heterocycles. The lowest BCUT2D eigenvalue weighted by atomic mass is 9.93. The highest BCUT2D eigenvalue weighted by molar-refractivity contribution is 7.89. The number of nitrogens with one attached hydrogen (secondary N) is 1. The number of carbonyl (C=O) groups is 1. The molecule has 10 nitrogen and oxygen atoms in total. The Morgan fingerprint density at radius 1 is 1.37 bits per heavy atom. The van der Waals surface area contributed by atoms with Crippen LogP contribution in [-0.4, -0.2) is 54.3 Å². The Labute approximate surface area is 179 Å². The summed E-state index contributed by atoms with van der Waals surface area (Å²) >= 11 is 0. The Morgan fingerprint density at radius 2 is 2.13 bits per heavy atom. The van der Waals surface area contributed by atoms with Gasteiger partial charge in [-0.05, 0) is 13.0 Å². The molecule has 0 fully saturated rings. The minimum atomic E-state index is -4.64. The Hall–Kier alpha value is -3.35. The number of halogens is 2. The van der Waals surface area contributed by atoms with Crippen molar-refractivity contribution < 1.29 is 35.0 Å². The molecule has 0 aliphatic carbocycles. The highest BCUT2D eigenvalue weighted by atomic mass is 32.2. The van der Waals surface area contributed by atoms with Gasteiger partial charge in [-0.15, -0.1) is 0 Å². The molecule has 3 rings (SSSR count). The topological polar surface area (TPSA) is 140 Å². The number of guanidine groups is 1. The van der Waals surface area contributed by atoms with Crippen LogP contribution >= 0.6 is 0 Å². The molecular weight excluding hydrogens is 422 g/mol. The highest BCUT2D eigenvalue weighted by Crippen LogP contribution is 2.35. The summed E-state index contributed by atoms with van der Waals surface area (Å²) in [5, 5.41) is 2.23. The predicted octanol–water partition coefficient (Wildman–Crippen LogP) is 0.821. The zero-order chi connectivity index (χ0) is 27.3. The van der Waals surface area contributed by atoms with Crippen LogP contribution < -0.4 is 15.8 Å². The average Bonchev–Trinajstić information content (AvgIpc) is 2.67. The van der Waals surface area contributed by atoms with Gasteiger partial charge in [0.25, 0.3) is 5.91 Å². The number of aliphatic imine (C=N–C) groups is 1. The Bertz CT molecular complexity index is 1340. The Morgan fingerprint density at radius 3 is 2.73 bits per heavy atom. The SMILES string of the molecule is [2H]C([2H])([2H])Oc1cnc(C(=O)Nc2cc(F)c(F)c([C@]3(C)CS(=O)(=O)N(C([2H])([2H])[2H])C(N)=N3)c2)cn1. The second-order valence-electron chi connectivity index (χ2n) is 6.38. The van der Waals surface area contributed by atoms with Crippen molar-refractivity contribution >= 4 is 27.6 Å². The van der Waals surface area contributed by atoms with E-state index in [9.17, 15) is 22.0 Å². The summed E-state index contributed by atoms with van der Waals surface area (Å²) in [5.41, 5.74) is 2.23. The molecule has 0 bridgehead atoms. The first kappa shape index (κ1) is 14.6. The molecule has 160 valence electrons. The number of nitrogens with zero attached hydrogens (tertiary/aromatic N) is 4. The molecule has 2 aromatic rings. The lowest BCUT2D eigenvalue weighted by Gasteiger charge is -2.34. The van der Waals surface area contributed by atoms with Gasteiger partial charge in [-0.3, -0.25) is 4.79 Å². The van der Waals surface area contributed by atoms with Gasteiger partial charge >= 0.3 is 0 Å². The van der Waals surface area contributed by atoms with E-state index in [2.05, 4.69) is 25.0 Å². The average molecular weight is 446 g/mol. The number of hydrogen-bond donors (Lipinski definition) is 2. The van der Waals surface area contributed by atoms with Gasteiger partial charge in [0.15, 0.2) is 11.6 Å². The zero-order valence-corrected chi connectivity index (χ0v) is 16.0. The number of carbonyl (C=O) groups excluding carboxylic acids is 1. The number of ether oxygens (including phenoxy) is 1. The maximum absolute atomic E-state index is 14.8. The van der Waals surface area contributed by atoms with E-state index in [1.165, 1.54) is 0 Å². The van der Waals surface area contributed by atoms with Crippen molar-refractivity contribution in [1.29, 1.82) is 0 Å². The van der Waals surface area contributed by atoms with Crippen LogP contribution in [0.4, 0.5) is 14.5 Å². The second-order valence-corrected chi connectivity index (χ2v) is 8.20. The van der Waals surface area contributed by atoms with Gasteiger partial charge in [-0.2, -0.15) is 0 Å². The van der Waals surface area contributed by atoms with E-state index in [1.54, 1.807) is 0 Å². The maximum Gasteiger partial charge on any atom is 0.275 e. The predicted molar refractivity (Wildman–Crippen MR) is 103 cm³/mol. The van der Waals surface area contributed by atoms with E-state index in [0.717, 1.165) is 25.4 Å². The molecule has 1 aliphatic rings. The zero-order valence-electron chi connectivity index (χ0n) is 21.2. The summed E-state index contributed by atoms with van der Waals surface area (Å²) in [6, 6.07) is 1.52. The van der Waals surface area contributed by atoms with Crippen molar-refractivity contribution in [3.63, 3.8) is 0 Å². The fourth-order valence-corrected chi connectivity index (χ4v) is 4.15. The fourth-order valence-electron chi connectivity index (χ4n) is 2.77. The molecule has 1 aromatic carbocycles. The van der Waals surface area contributed by atoms with E-state index < -0.39 is 70.3 Å². The van der Waals surface area contributed by atoms with Crippen molar-refractivity contribution in [1.82, 2.24) is 14.3 Å². The van der Waals surface area contributed by atoms with Crippen LogP contribution in [-0.2, 0) is 15.6 Å². The van der Waals surface area contributed by atoms with E-state index in [0.29, 0.717) is 6.07 Å². The monoisotopic (exact) mass is 446 g/mol. The van der Waals surface area contributed by atoms with Crippen molar-refractivity contribution in [2.45, 2.75) is 12.5 Å². The number of rotatable bonds is 4. The number of aromatic nitrogens is 2. The van der Waals surface area contributed by atoms with E-state index >= 15 is 0 Å². The Kier molecular flexibility index (Phi) is 3.64. The third kappa shape index (κ3) is 3.87. The number of anilines is 1. The van der Waals surface area contributed by atoms with Gasteiger partial charge < -0.3 is 15.8 Å². The summed E-state index contributed by atoms with van der Waals surface area (Å²) in [6.07, 6.45) is 1.74. The summed E-state index contributed by atoms with van der Waals surface area (Å²) in [6.45, 7) is -2.09. The van der Waals surface area contributed by atoms with Crippen molar-refractivity contribution in [3.8, 4) is 5.88 Å². The first-order chi connectivity index (χ1) is 16.3. The molecule has 0 unspecified atom stereocenters. The van der Waals surface area contributed by atoms with Gasteiger partial charge in [0.1, 0.15) is 11.2 Å². The summed E-state index contributed by atoms with van der Waals surface area (Å²) in [7, 11) is -7.44. The van der Waals surface area contributed by atoms with E-state index in [1.807, 2.05) is 0 Å². The molecule has 0 saturated carbocycles. The molecule has 1 amide bonds.